The minimum absolute atomic E-state index is 0.0719. The minimum Gasteiger partial charge on any atom is -0.493 e. The van der Waals surface area contributed by atoms with Gasteiger partial charge in [-0.15, -0.1) is 0 Å². The highest BCUT2D eigenvalue weighted by molar-refractivity contribution is 6.35. The summed E-state index contributed by atoms with van der Waals surface area (Å²) in [4.78, 5) is 29.8. The molecule has 2 aliphatic heterocycles. The first-order valence-corrected chi connectivity index (χ1v) is 12.3. The molecule has 10 heteroatoms. The molecule has 0 bridgehead atoms. The van der Waals surface area contributed by atoms with Crippen LogP contribution in [0.1, 0.15) is 23.7 Å². The SMILES string of the molecule is COc1ccc(N2CC(NC(=O)N3CCn4cccc4C3c3ccc(Cl)cc3Cl)CC2=O)cc1OC. The van der Waals surface area contributed by atoms with Crippen molar-refractivity contribution in [2.75, 3.05) is 32.2 Å². The lowest BCUT2D eigenvalue weighted by atomic mass is 10.00. The van der Waals surface area contributed by atoms with E-state index in [2.05, 4.69) is 9.88 Å². The molecule has 0 spiro atoms. The number of fused-ring (bicyclic) bond motifs is 1. The van der Waals surface area contributed by atoms with Gasteiger partial charge in [0, 0.05) is 59.7 Å². The molecule has 1 N–H and O–H groups in total. The zero-order valence-electron chi connectivity index (χ0n) is 19.9. The van der Waals surface area contributed by atoms with Crippen LogP contribution in [0.3, 0.4) is 0 Å². The quantitative estimate of drug-likeness (QED) is 0.519. The summed E-state index contributed by atoms with van der Waals surface area (Å²) in [5.74, 6) is 1.05. The second-order valence-corrected chi connectivity index (χ2v) is 9.63. The van der Waals surface area contributed by atoms with Crippen LogP contribution in [-0.2, 0) is 11.3 Å². The Morgan fingerprint density at radius 1 is 1.03 bits per heavy atom. The van der Waals surface area contributed by atoms with Crippen LogP contribution in [0, 0.1) is 0 Å². The molecule has 2 atom stereocenters. The zero-order chi connectivity index (χ0) is 25.4. The molecule has 1 aromatic heterocycles. The molecule has 1 saturated heterocycles. The third-order valence-corrected chi connectivity index (χ3v) is 7.25. The second kappa shape index (κ2) is 9.95. The maximum Gasteiger partial charge on any atom is 0.318 e. The third-order valence-electron chi connectivity index (χ3n) is 6.69. The number of hydrogen-bond acceptors (Lipinski definition) is 4. The molecule has 0 aliphatic carbocycles. The van der Waals surface area contributed by atoms with Crippen molar-refractivity contribution < 1.29 is 19.1 Å². The maximum atomic E-state index is 13.6. The summed E-state index contributed by atoms with van der Waals surface area (Å²) >= 11 is 12.7. The van der Waals surface area contributed by atoms with Crippen LogP contribution >= 0.6 is 23.2 Å². The molecule has 3 amide bonds. The molecule has 1 fully saturated rings. The zero-order valence-corrected chi connectivity index (χ0v) is 21.4. The monoisotopic (exact) mass is 528 g/mol. The minimum atomic E-state index is -0.377. The Balaban J connectivity index is 1.36. The van der Waals surface area contributed by atoms with Gasteiger partial charge in [-0.1, -0.05) is 29.3 Å². The lowest BCUT2D eigenvalue weighted by Crippen LogP contribution is -2.50. The molecule has 2 aliphatic rings. The van der Waals surface area contributed by atoms with E-state index in [9.17, 15) is 9.59 Å². The summed E-state index contributed by atoms with van der Waals surface area (Å²) in [6.07, 6.45) is 2.20. The van der Waals surface area contributed by atoms with Crippen molar-refractivity contribution in [3.8, 4) is 11.5 Å². The average molecular weight is 529 g/mol. The van der Waals surface area contributed by atoms with Crippen molar-refractivity contribution >= 4 is 40.8 Å². The van der Waals surface area contributed by atoms with Crippen molar-refractivity contribution in [2.45, 2.75) is 25.0 Å². The van der Waals surface area contributed by atoms with E-state index < -0.39 is 0 Å². The highest BCUT2D eigenvalue weighted by atomic mass is 35.5. The molecule has 188 valence electrons. The molecule has 5 rings (SSSR count). The van der Waals surface area contributed by atoms with E-state index in [4.69, 9.17) is 32.7 Å². The normalized spacial score (nSPS) is 19.3. The second-order valence-electron chi connectivity index (χ2n) is 8.78. The lowest BCUT2D eigenvalue weighted by Gasteiger charge is -2.38. The number of methoxy groups -OCH3 is 2. The Morgan fingerprint density at radius 2 is 1.83 bits per heavy atom. The van der Waals surface area contributed by atoms with Gasteiger partial charge in [0.25, 0.3) is 0 Å². The maximum absolute atomic E-state index is 13.6. The topological polar surface area (TPSA) is 76.0 Å². The van der Waals surface area contributed by atoms with E-state index in [1.165, 1.54) is 0 Å². The highest BCUT2D eigenvalue weighted by Crippen LogP contribution is 2.38. The van der Waals surface area contributed by atoms with Crippen LogP contribution in [0.15, 0.2) is 54.7 Å². The van der Waals surface area contributed by atoms with E-state index in [1.54, 1.807) is 54.4 Å². The predicted octanol–water partition coefficient (Wildman–Crippen LogP) is 4.73. The van der Waals surface area contributed by atoms with Crippen molar-refractivity contribution in [2.24, 2.45) is 0 Å². The van der Waals surface area contributed by atoms with Crippen LogP contribution in [-0.4, -0.2) is 54.8 Å². The molecule has 0 radical (unpaired) electrons. The molecule has 36 heavy (non-hydrogen) atoms. The number of benzene rings is 2. The molecule has 3 aromatic rings. The fraction of sp³-hybridized carbons (Fsp3) is 0.308. The van der Waals surface area contributed by atoms with Gasteiger partial charge in [-0.3, -0.25) is 4.79 Å². The fourth-order valence-electron chi connectivity index (χ4n) is 4.96. The first kappa shape index (κ1) is 24.3. The summed E-state index contributed by atoms with van der Waals surface area (Å²) in [6, 6.07) is 13.6. The smallest absolute Gasteiger partial charge is 0.318 e. The first-order valence-electron chi connectivity index (χ1n) is 11.6. The number of halogens is 2. The number of carbonyl (C=O) groups is 2. The summed E-state index contributed by atoms with van der Waals surface area (Å²) in [5, 5.41) is 4.10. The van der Waals surface area contributed by atoms with E-state index in [-0.39, 0.29) is 30.4 Å². The van der Waals surface area contributed by atoms with Gasteiger partial charge in [-0.25, -0.2) is 4.79 Å². The number of aromatic nitrogens is 1. The van der Waals surface area contributed by atoms with E-state index in [0.29, 0.717) is 46.9 Å². The highest BCUT2D eigenvalue weighted by Gasteiger charge is 2.37. The van der Waals surface area contributed by atoms with Crippen molar-refractivity contribution in [1.29, 1.82) is 0 Å². The number of urea groups is 1. The van der Waals surface area contributed by atoms with Crippen LogP contribution in [0.4, 0.5) is 10.5 Å². The number of amides is 3. The van der Waals surface area contributed by atoms with Crippen LogP contribution in [0.25, 0.3) is 0 Å². The van der Waals surface area contributed by atoms with Crippen LogP contribution in [0.2, 0.25) is 10.0 Å². The molecule has 2 aromatic carbocycles. The summed E-state index contributed by atoms with van der Waals surface area (Å²) in [5.41, 5.74) is 2.46. The number of nitrogens with one attached hydrogen (secondary N) is 1. The molecule has 2 unspecified atom stereocenters. The van der Waals surface area contributed by atoms with Gasteiger partial charge >= 0.3 is 6.03 Å². The van der Waals surface area contributed by atoms with Gasteiger partial charge in [0.2, 0.25) is 5.91 Å². The van der Waals surface area contributed by atoms with E-state index in [1.807, 2.05) is 24.4 Å². The number of ether oxygens (including phenoxy) is 2. The van der Waals surface area contributed by atoms with Gasteiger partial charge in [-0.2, -0.15) is 0 Å². The van der Waals surface area contributed by atoms with Gasteiger partial charge in [0.1, 0.15) is 6.04 Å². The molecular weight excluding hydrogens is 503 g/mol. The van der Waals surface area contributed by atoms with Crippen LogP contribution in [0.5, 0.6) is 11.5 Å². The molecule has 3 heterocycles. The largest absolute Gasteiger partial charge is 0.493 e. The standard InChI is InChI=1S/C26H26Cl2N4O4/c1-35-22-8-6-18(14-23(22)36-2)32-15-17(13-24(32)33)29-26(34)31-11-10-30-9-3-4-21(30)25(31)19-7-5-16(27)12-20(19)28/h3-9,12,14,17,25H,10-11,13,15H2,1-2H3,(H,29,34). The van der Waals surface area contributed by atoms with Crippen molar-refractivity contribution in [1.82, 2.24) is 14.8 Å². The molecule has 8 nitrogen and oxygen atoms in total. The number of nitrogens with zero attached hydrogens (tertiary/aromatic N) is 3. The molecular formula is C26H26Cl2N4O4. The van der Waals surface area contributed by atoms with E-state index >= 15 is 0 Å². The fourth-order valence-corrected chi connectivity index (χ4v) is 5.47. The number of hydrogen-bond donors (Lipinski definition) is 1. The van der Waals surface area contributed by atoms with Crippen LogP contribution < -0.4 is 19.7 Å². The Kier molecular flexibility index (Phi) is 6.73. The van der Waals surface area contributed by atoms with Gasteiger partial charge in [0.15, 0.2) is 11.5 Å². The van der Waals surface area contributed by atoms with E-state index in [0.717, 1.165) is 11.3 Å². The molecule has 0 saturated carbocycles. The average Bonchev–Trinajstić information content (AvgIpc) is 3.49. The number of carbonyl (C=O) groups excluding carboxylic acids is 2. The Morgan fingerprint density at radius 3 is 2.58 bits per heavy atom. The summed E-state index contributed by atoms with van der Waals surface area (Å²) in [7, 11) is 3.11. The summed E-state index contributed by atoms with van der Waals surface area (Å²) in [6.45, 7) is 1.52. The number of anilines is 1. The Labute approximate surface area is 219 Å². The van der Waals surface area contributed by atoms with Gasteiger partial charge < -0.3 is 29.2 Å². The van der Waals surface area contributed by atoms with Gasteiger partial charge in [0.05, 0.1) is 20.3 Å². The van der Waals surface area contributed by atoms with Crippen molar-refractivity contribution in [3.05, 3.63) is 76.0 Å². The summed E-state index contributed by atoms with van der Waals surface area (Å²) < 4.78 is 12.8. The Bertz CT molecular complexity index is 1310. The third kappa shape index (κ3) is 4.47. The number of rotatable bonds is 5. The first-order chi connectivity index (χ1) is 17.4. The van der Waals surface area contributed by atoms with Gasteiger partial charge in [-0.05, 0) is 42.0 Å². The van der Waals surface area contributed by atoms with Crippen molar-refractivity contribution in [3.63, 3.8) is 0 Å². The predicted molar refractivity (Wildman–Crippen MR) is 138 cm³/mol. The lowest BCUT2D eigenvalue weighted by molar-refractivity contribution is -0.117. The Hall–Kier alpha value is -3.36.